The number of aromatic hydroxyl groups is 1. The number of nitrogens with zero attached hydrogens (tertiary/aromatic N) is 1. The molecule has 2 rings (SSSR count). The predicted molar refractivity (Wildman–Crippen MR) is 69.9 cm³/mol. The van der Waals surface area contributed by atoms with Crippen LogP contribution in [0.1, 0.15) is 10.4 Å². The number of carboxylic acids is 1. The van der Waals surface area contributed by atoms with Gasteiger partial charge in [-0.15, -0.1) is 4.91 Å². The van der Waals surface area contributed by atoms with Gasteiger partial charge in [0.05, 0.1) is 10.8 Å². The normalized spacial score (nSPS) is 9.89. The van der Waals surface area contributed by atoms with Crippen molar-refractivity contribution in [1.29, 1.82) is 0 Å². The Labute approximate surface area is 108 Å². The molecule has 6 nitrogen and oxygen atoms in total. The Morgan fingerprint density at radius 3 is 2.58 bits per heavy atom. The number of nitrogens with one attached hydrogen (secondary N) is 1. The van der Waals surface area contributed by atoms with Gasteiger partial charge >= 0.3 is 5.97 Å². The molecule has 0 spiro atoms. The standard InChI is InChI=1S/C13H10N2O4/c16-12-10(5-2-6-11(12)14-15-19)8-3-1-4-9(7-8)13(17)18/h1-7,16H,(H,14,19)(H,17,18). The summed E-state index contributed by atoms with van der Waals surface area (Å²) in [6.45, 7) is 0. The Hall–Kier alpha value is -2.89. The molecule has 0 heterocycles. The van der Waals surface area contributed by atoms with E-state index >= 15 is 0 Å². The molecule has 0 saturated heterocycles. The molecule has 0 atom stereocenters. The summed E-state index contributed by atoms with van der Waals surface area (Å²) in [6.07, 6.45) is 0. The first-order chi connectivity index (χ1) is 9.13. The van der Waals surface area contributed by atoms with Crippen LogP contribution in [0.2, 0.25) is 0 Å². The van der Waals surface area contributed by atoms with Crippen LogP contribution < -0.4 is 5.43 Å². The molecule has 0 radical (unpaired) electrons. The number of aromatic carboxylic acids is 1. The zero-order valence-electron chi connectivity index (χ0n) is 9.70. The van der Waals surface area contributed by atoms with Gasteiger partial charge in [-0.2, -0.15) is 0 Å². The number of para-hydroxylation sites is 1. The molecular weight excluding hydrogens is 248 g/mol. The van der Waals surface area contributed by atoms with Gasteiger partial charge in [-0.1, -0.05) is 24.3 Å². The van der Waals surface area contributed by atoms with E-state index in [1.54, 1.807) is 24.3 Å². The van der Waals surface area contributed by atoms with Crippen molar-refractivity contribution < 1.29 is 15.0 Å². The van der Waals surface area contributed by atoms with Crippen LogP contribution in [0.15, 0.2) is 47.8 Å². The van der Waals surface area contributed by atoms with Gasteiger partial charge in [-0.05, 0) is 23.8 Å². The fourth-order valence-corrected chi connectivity index (χ4v) is 1.74. The van der Waals surface area contributed by atoms with Crippen molar-refractivity contribution in [3.63, 3.8) is 0 Å². The number of phenols is 1. The molecule has 0 aliphatic rings. The highest BCUT2D eigenvalue weighted by atomic mass is 16.4. The number of carboxylic acid groups (broad SMARTS) is 1. The van der Waals surface area contributed by atoms with Crippen LogP contribution in [0.4, 0.5) is 5.69 Å². The Kier molecular flexibility index (Phi) is 3.42. The van der Waals surface area contributed by atoms with E-state index in [9.17, 15) is 14.8 Å². The smallest absolute Gasteiger partial charge is 0.335 e. The van der Waals surface area contributed by atoms with Crippen LogP contribution in [0.25, 0.3) is 11.1 Å². The zero-order valence-corrected chi connectivity index (χ0v) is 9.70. The quantitative estimate of drug-likeness (QED) is 0.445. The van der Waals surface area contributed by atoms with Crippen LogP contribution >= 0.6 is 0 Å². The first kappa shape index (κ1) is 12.6. The van der Waals surface area contributed by atoms with E-state index < -0.39 is 5.97 Å². The molecule has 19 heavy (non-hydrogen) atoms. The van der Waals surface area contributed by atoms with Crippen LogP contribution in [-0.4, -0.2) is 16.2 Å². The molecular formula is C13H10N2O4. The summed E-state index contributed by atoms with van der Waals surface area (Å²) in [4.78, 5) is 21.1. The topological polar surface area (TPSA) is 99.0 Å². The number of nitroso groups, excluding NO2 is 1. The summed E-state index contributed by atoms with van der Waals surface area (Å²) in [5, 5.41) is 21.4. The second kappa shape index (κ2) is 5.18. The third-order valence-electron chi connectivity index (χ3n) is 2.62. The number of anilines is 1. The molecule has 0 aliphatic heterocycles. The summed E-state index contributed by atoms with van der Waals surface area (Å²) < 4.78 is 0. The lowest BCUT2D eigenvalue weighted by atomic mass is 10.0. The lowest BCUT2D eigenvalue weighted by Gasteiger charge is -2.08. The number of phenolic OH excluding ortho intramolecular Hbond substituents is 1. The number of hydrogen-bond acceptors (Lipinski definition) is 4. The van der Waals surface area contributed by atoms with E-state index in [0.717, 1.165) is 0 Å². The minimum atomic E-state index is -1.05. The van der Waals surface area contributed by atoms with Crippen LogP contribution in [0, 0.1) is 4.91 Å². The predicted octanol–water partition coefficient (Wildman–Crippen LogP) is 2.85. The summed E-state index contributed by atoms with van der Waals surface area (Å²) in [5.74, 6) is -1.21. The van der Waals surface area contributed by atoms with Crippen molar-refractivity contribution in [2.45, 2.75) is 0 Å². The molecule has 2 aromatic carbocycles. The van der Waals surface area contributed by atoms with Crippen molar-refractivity contribution in [1.82, 2.24) is 0 Å². The van der Waals surface area contributed by atoms with E-state index in [4.69, 9.17) is 5.11 Å². The molecule has 6 heteroatoms. The third-order valence-corrected chi connectivity index (χ3v) is 2.62. The third kappa shape index (κ3) is 2.52. The first-order valence-corrected chi connectivity index (χ1v) is 5.37. The lowest BCUT2D eigenvalue weighted by molar-refractivity contribution is 0.0697. The highest BCUT2D eigenvalue weighted by Crippen LogP contribution is 2.35. The van der Waals surface area contributed by atoms with E-state index in [1.165, 1.54) is 18.2 Å². The van der Waals surface area contributed by atoms with Crippen molar-refractivity contribution in [3.05, 3.63) is 52.9 Å². The van der Waals surface area contributed by atoms with Gasteiger partial charge in [0.2, 0.25) is 0 Å². The number of hydrogen-bond donors (Lipinski definition) is 3. The lowest BCUT2D eigenvalue weighted by Crippen LogP contribution is -1.96. The maximum absolute atomic E-state index is 10.9. The molecule has 3 N–H and O–H groups in total. The van der Waals surface area contributed by atoms with Gasteiger partial charge in [-0.25, -0.2) is 10.2 Å². The summed E-state index contributed by atoms with van der Waals surface area (Å²) in [7, 11) is 0. The van der Waals surface area contributed by atoms with Crippen molar-refractivity contribution in [2.75, 3.05) is 5.43 Å². The summed E-state index contributed by atoms with van der Waals surface area (Å²) in [6, 6.07) is 10.9. The maximum atomic E-state index is 10.9. The Morgan fingerprint density at radius 1 is 1.16 bits per heavy atom. The number of rotatable bonds is 4. The second-order valence-electron chi connectivity index (χ2n) is 3.79. The molecule has 0 aliphatic carbocycles. The SMILES string of the molecule is O=NNc1cccc(-c2cccc(C(=O)O)c2)c1O. The monoisotopic (exact) mass is 258 g/mol. The Morgan fingerprint density at radius 2 is 1.89 bits per heavy atom. The fraction of sp³-hybridized carbons (Fsp3) is 0. The number of benzene rings is 2. The fourth-order valence-electron chi connectivity index (χ4n) is 1.74. The highest BCUT2D eigenvalue weighted by Gasteiger charge is 2.11. The van der Waals surface area contributed by atoms with Gasteiger partial charge in [0.15, 0.2) is 0 Å². The molecule has 0 bridgehead atoms. The van der Waals surface area contributed by atoms with Gasteiger partial charge in [0.25, 0.3) is 0 Å². The molecule has 0 amide bonds. The van der Waals surface area contributed by atoms with E-state index in [-0.39, 0.29) is 17.0 Å². The maximum Gasteiger partial charge on any atom is 0.335 e. The number of carbonyl (C=O) groups is 1. The molecule has 0 fully saturated rings. The minimum absolute atomic E-state index is 0.115. The van der Waals surface area contributed by atoms with Crippen molar-refractivity contribution in [2.24, 2.45) is 5.29 Å². The molecule has 2 aromatic rings. The first-order valence-electron chi connectivity index (χ1n) is 5.37. The van der Waals surface area contributed by atoms with Crippen molar-refractivity contribution >= 4 is 11.7 Å². The average Bonchev–Trinajstić information content (AvgIpc) is 2.41. The summed E-state index contributed by atoms with van der Waals surface area (Å²) >= 11 is 0. The van der Waals surface area contributed by atoms with Gasteiger partial charge < -0.3 is 10.2 Å². The molecule has 96 valence electrons. The van der Waals surface area contributed by atoms with Crippen LogP contribution in [0.5, 0.6) is 5.75 Å². The molecule has 0 aromatic heterocycles. The van der Waals surface area contributed by atoms with Gasteiger partial charge in [0.1, 0.15) is 11.4 Å². The largest absolute Gasteiger partial charge is 0.505 e. The summed E-state index contributed by atoms with van der Waals surface area (Å²) in [5.41, 5.74) is 3.35. The Bertz CT molecular complexity index is 640. The van der Waals surface area contributed by atoms with E-state index in [1.807, 2.05) is 0 Å². The molecule has 0 unspecified atom stereocenters. The highest BCUT2D eigenvalue weighted by molar-refractivity contribution is 5.90. The van der Waals surface area contributed by atoms with E-state index in [2.05, 4.69) is 10.7 Å². The average molecular weight is 258 g/mol. The van der Waals surface area contributed by atoms with Crippen LogP contribution in [0.3, 0.4) is 0 Å². The van der Waals surface area contributed by atoms with Crippen molar-refractivity contribution in [3.8, 4) is 16.9 Å². The molecule has 0 saturated carbocycles. The Balaban J connectivity index is 2.52. The van der Waals surface area contributed by atoms with Gasteiger partial charge in [-0.3, -0.25) is 0 Å². The van der Waals surface area contributed by atoms with E-state index in [0.29, 0.717) is 11.1 Å². The van der Waals surface area contributed by atoms with Gasteiger partial charge in [0, 0.05) is 5.56 Å². The van der Waals surface area contributed by atoms with Crippen LogP contribution in [-0.2, 0) is 0 Å². The second-order valence-corrected chi connectivity index (χ2v) is 3.79. The zero-order chi connectivity index (χ0) is 13.8. The minimum Gasteiger partial charge on any atom is -0.505 e.